The molecule has 0 bridgehead atoms. The van der Waals surface area contributed by atoms with E-state index in [1.807, 2.05) is 0 Å². The molecule has 0 spiro atoms. The predicted octanol–water partition coefficient (Wildman–Crippen LogP) is 7.08. The van der Waals surface area contributed by atoms with E-state index in [1.165, 1.54) is 24.0 Å². The van der Waals surface area contributed by atoms with Crippen molar-refractivity contribution in [2.45, 2.75) is 64.1 Å². The average molecular weight is 414 g/mol. The number of nitrogens with zero attached hydrogens (tertiary/aromatic N) is 1. The van der Waals surface area contributed by atoms with Crippen LogP contribution in [-0.2, 0) is 17.4 Å². The van der Waals surface area contributed by atoms with Crippen LogP contribution in [0.1, 0.15) is 56.6 Å². The Morgan fingerprint density at radius 2 is 1.38 bits per heavy atom. The number of rotatable bonds is 14. The zero-order valence-electron chi connectivity index (χ0n) is 18.7. The summed E-state index contributed by atoms with van der Waals surface area (Å²) in [6.45, 7) is 5.34. The molecular formula is C26H40NOP. The Hall–Kier alpha value is -1.37. The van der Waals surface area contributed by atoms with Crippen LogP contribution in [-0.4, -0.2) is 37.1 Å². The SMILES string of the molecule is CCCCN(C)C(CCCc1ccccc1)P(C)(=O)CCCCc1ccccc1. The van der Waals surface area contributed by atoms with Crippen LogP contribution in [0.15, 0.2) is 60.7 Å². The first-order valence-corrected chi connectivity index (χ1v) is 13.8. The molecule has 2 atom stereocenters. The fourth-order valence-corrected chi connectivity index (χ4v) is 6.98. The van der Waals surface area contributed by atoms with Gasteiger partial charge in [0.05, 0.1) is 5.78 Å². The minimum absolute atomic E-state index is 0.217. The Kier molecular flexibility index (Phi) is 10.7. The third kappa shape index (κ3) is 8.89. The van der Waals surface area contributed by atoms with E-state index in [0.717, 1.165) is 51.2 Å². The van der Waals surface area contributed by atoms with E-state index in [0.29, 0.717) is 0 Å². The first-order chi connectivity index (χ1) is 14.0. The van der Waals surface area contributed by atoms with Crippen molar-refractivity contribution >= 4 is 7.14 Å². The molecule has 0 aliphatic heterocycles. The van der Waals surface area contributed by atoms with Crippen LogP contribution in [0, 0.1) is 0 Å². The summed E-state index contributed by atoms with van der Waals surface area (Å²) < 4.78 is 13.7. The van der Waals surface area contributed by atoms with E-state index >= 15 is 0 Å². The van der Waals surface area contributed by atoms with Gasteiger partial charge in [0.15, 0.2) is 0 Å². The lowest BCUT2D eigenvalue weighted by Gasteiger charge is -2.33. The molecule has 0 radical (unpaired) electrons. The molecule has 0 saturated carbocycles. The maximum absolute atomic E-state index is 13.7. The van der Waals surface area contributed by atoms with Crippen molar-refractivity contribution in [1.29, 1.82) is 0 Å². The number of hydrogen-bond acceptors (Lipinski definition) is 2. The molecule has 3 heteroatoms. The molecule has 0 aliphatic carbocycles. The monoisotopic (exact) mass is 413 g/mol. The van der Waals surface area contributed by atoms with E-state index < -0.39 is 7.14 Å². The lowest BCUT2D eigenvalue weighted by Crippen LogP contribution is -2.33. The zero-order chi connectivity index (χ0) is 21.0. The van der Waals surface area contributed by atoms with Gasteiger partial charge in [-0.3, -0.25) is 4.90 Å². The molecule has 2 rings (SSSR count). The second kappa shape index (κ2) is 13.0. The molecule has 0 aliphatic rings. The summed E-state index contributed by atoms with van der Waals surface area (Å²) in [5.74, 6) is 0.217. The van der Waals surface area contributed by atoms with Gasteiger partial charge in [0, 0.05) is 6.16 Å². The second-order valence-electron chi connectivity index (χ2n) is 8.53. The van der Waals surface area contributed by atoms with Gasteiger partial charge < -0.3 is 4.57 Å². The first-order valence-electron chi connectivity index (χ1n) is 11.4. The van der Waals surface area contributed by atoms with Crippen LogP contribution < -0.4 is 0 Å². The molecular weight excluding hydrogens is 373 g/mol. The normalized spacial score (nSPS) is 14.6. The second-order valence-corrected chi connectivity index (χ2v) is 11.9. The van der Waals surface area contributed by atoms with Gasteiger partial charge in [-0.2, -0.15) is 0 Å². The maximum atomic E-state index is 13.7. The van der Waals surface area contributed by atoms with E-state index in [9.17, 15) is 4.57 Å². The van der Waals surface area contributed by atoms with Crippen molar-refractivity contribution in [3.63, 3.8) is 0 Å². The summed E-state index contributed by atoms with van der Waals surface area (Å²) in [7, 11) is -0.0321. The molecule has 0 N–H and O–H groups in total. The minimum atomic E-state index is -2.22. The van der Waals surface area contributed by atoms with Gasteiger partial charge in [0.2, 0.25) is 0 Å². The largest absolute Gasteiger partial charge is 0.322 e. The molecule has 160 valence electrons. The molecule has 2 aromatic rings. The third-order valence-electron chi connectivity index (χ3n) is 5.93. The molecule has 0 heterocycles. The Bertz CT molecular complexity index is 716. The quantitative estimate of drug-likeness (QED) is 0.243. The number of unbranched alkanes of at least 4 members (excludes halogenated alkanes) is 2. The van der Waals surface area contributed by atoms with E-state index in [1.54, 1.807) is 0 Å². The molecule has 0 aromatic heterocycles. The molecule has 0 fully saturated rings. The lowest BCUT2D eigenvalue weighted by atomic mass is 10.1. The summed E-state index contributed by atoms with van der Waals surface area (Å²) >= 11 is 0. The van der Waals surface area contributed by atoms with Crippen molar-refractivity contribution in [3.05, 3.63) is 71.8 Å². The fraction of sp³-hybridized carbons (Fsp3) is 0.538. The highest BCUT2D eigenvalue weighted by Crippen LogP contribution is 2.50. The van der Waals surface area contributed by atoms with Gasteiger partial charge in [-0.15, -0.1) is 0 Å². The van der Waals surface area contributed by atoms with Crippen LogP contribution in [0.25, 0.3) is 0 Å². The Balaban J connectivity index is 1.88. The van der Waals surface area contributed by atoms with Crippen molar-refractivity contribution in [3.8, 4) is 0 Å². The Morgan fingerprint density at radius 3 is 1.93 bits per heavy atom. The maximum Gasteiger partial charge on any atom is 0.101 e. The van der Waals surface area contributed by atoms with E-state index in [4.69, 9.17) is 0 Å². The van der Waals surface area contributed by atoms with E-state index in [2.05, 4.69) is 86.2 Å². The summed E-state index contributed by atoms with van der Waals surface area (Å²) in [6, 6.07) is 21.3. The van der Waals surface area contributed by atoms with Crippen LogP contribution in [0.3, 0.4) is 0 Å². The van der Waals surface area contributed by atoms with E-state index in [-0.39, 0.29) is 5.78 Å². The van der Waals surface area contributed by atoms with Crippen molar-refractivity contribution in [2.75, 3.05) is 26.4 Å². The summed E-state index contributed by atoms with van der Waals surface area (Å²) in [5.41, 5.74) is 2.77. The fourth-order valence-electron chi connectivity index (χ4n) is 4.15. The smallest absolute Gasteiger partial charge is 0.101 e. The zero-order valence-corrected chi connectivity index (χ0v) is 19.6. The number of hydrogen-bond donors (Lipinski definition) is 0. The van der Waals surface area contributed by atoms with Crippen LogP contribution >= 0.6 is 7.14 Å². The van der Waals surface area contributed by atoms with Gasteiger partial charge in [0.1, 0.15) is 7.14 Å². The van der Waals surface area contributed by atoms with Gasteiger partial charge in [-0.1, -0.05) is 74.0 Å². The third-order valence-corrected chi connectivity index (χ3v) is 9.05. The number of aryl methyl sites for hydroxylation is 2. The first kappa shape index (κ1) is 23.9. The minimum Gasteiger partial charge on any atom is -0.322 e. The van der Waals surface area contributed by atoms with Crippen LogP contribution in [0.2, 0.25) is 0 Å². The highest BCUT2D eigenvalue weighted by Gasteiger charge is 2.30. The van der Waals surface area contributed by atoms with Crippen molar-refractivity contribution in [1.82, 2.24) is 4.90 Å². The topological polar surface area (TPSA) is 20.3 Å². The summed E-state index contributed by atoms with van der Waals surface area (Å²) in [5, 5.41) is 0. The number of benzene rings is 2. The van der Waals surface area contributed by atoms with Gasteiger partial charge in [0.25, 0.3) is 0 Å². The van der Waals surface area contributed by atoms with Crippen molar-refractivity contribution < 1.29 is 4.57 Å². The Morgan fingerprint density at radius 1 is 0.828 bits per heavy atom. The highest BCUT2D eigenvalue weighted by molar-refractivity contribution is 7.63. The summed E-state index contributed by atoms with van der Waals surface area (Å²) in [6.07, 6.45) is 9.71. The van der Waals surface area contributed by atoms with Gasteiger partial charge in [-0.05, 0) is 76.3 Å². The molecule has 29 heavy (non-hydrogen) atoms. The standard InChI is InChI=1S/C26H40NOP/c1-4-5-22-27(2)26(21-14-20-25-17-10-7-11-18-25)29(3,28)23-13-12-19-24-15-8-6-9-16-24/h6-11,15-18,26H,4-5,12-14,19-23H2,1-3H3. The molecule has 2 unspecified atom stereocenters. The van der Waals surface area contributed by atoms with Gasteiger partial charge >= 0.3 is 0 Å². The average Bonchev–Trinajstić information content (AvgIpc) is 2.74. The van der Waals surface area contributed by atoms with Crippen LogP contribution in [0.4, 0.5) is 0 Å². The molecule has 2 nitrogen and oxygen atoms in total. The molecule has 0 saturated heterocycles. The summed E-state index contributed by atoms with van der Waals surface area (Å²) in [4.78, 5) is 2.40. The van der Waals surface area contributed by atoms with Crippen LogP contribution in [0.5, 0.6) is 0 Å². The Labute approximate surface area is 179 Å². The molecule has 0 amide bonds. The molecule has 2 aromatic carbocycles. The van der Waals surface area contributed by atoms with Crippen molar-refractivity contribution in [2.24, 2.45) is 0 Å². The van der Waals surface area contributed by atoms with Gasteiger partial charge in [-0.25, -0.2) is 0 Å². The lowest BCUT2D eigenvalue weighted by molar-refractivity contribution is 0.281. The predicted molar refractivity (Wildman–Crippen MR) is 128 cm³/mol. The highest BCUT2D eigenvalue weighted by atomic mass is 31.2.